The average molecular weight is 196 g/mol. The van der Waals surface area contributed by atoms with Gasteiger partial charge in [0.1, 0.15) is 5.82 Å². The van der Waals surface area contributed by atoms with Gasteiger partial charge in [-0.3, -0.25) is 4.79 Å². The topological polar surface area (TPSA) is 41.1 Å². The molecular formula is C10H13FN2O. The van der Waals surface area contributed by atoms with Crippen molar-refractivity contribution < 1.29 is 9.18 Å². The number of hydrogen-bond acceptors (Lipinski definition) is 2. The lowest BCUT2D eigenvalue weighted by Crippen LogP contribution is -2.35. The summed E-state index contributed by atoms with van der Waals surface area (Å²) in [7, 11) is 1.69. The SMILES string of the molecule is CNC(C)C(=O)Nc1cccc(F)c1. The van der Waals surface area contributed by atoms with Crippen LogP contribution in [0.25, 0.3) is 0 Å². The van der Waals surface area contributed by atoms with Crippen LogP contribution in [-0.4, -0.2) is 19.0 Å². The molecular weight excluding hydrogens is 183 g/mol. The fourth-order valence-electron chi connectivity index (χ4n) is 0.948. The molecule has 0 fully saturated rings. The van der Waals surface area contributed by atoms with E-state index >= 15 is 0 Å². The summed E-state index contributed by atoms with van der Waals surface area (Å²) in [5, 5.41) is 5.39. The largest absolute Gasteiger partial charge is 0.325 e. The number of nitrogens with one attached hydrogen (secondary N) is 2. The van der Waals surface area contributed by atoms with Gasteiger partial charge in [-0.1, -0.05) is 6.07 Å². The van der Waals surface area contributed by atoms with Crippen molar-refractivity contribution in [3.05, 3.63) is 30.1 Å². The third-order valence-electron chi connectivity index (χ3n) is 1.92. The zero-order valence-corrected chi connectivity index (χ0v) is 8.17. The lowest BCUT2D eigenvalue weighted by Gasteiger charge is -2.10. The molecule has 0 bridgehead atoms. The van der Waals surface area contributed by atoms with E-state index in [1.807, 2.05) is 0 Å². The van der Waals surface area contributed by atoms with Crippen molar-refractivity contribution in [2.45, 2.75) is 13.0 Å². The number of likely N-dealkylation sites (N-methyl/N-ethyl adjacent to an activating group) is 1. The van der Waals surface area contributed by atoms with Crippen molar-refractivity contribution >= 4 is 11.6 Å². The van der Waals surface area contributed by atoms with E-state index in [0.717, 1.165) is 0 Å². The van der Waals surface area contributed by atoms with Crippen LogP contribution in [0, 0.1) is 5.82 Å². The van der Waals surface area contributed by atoms with E-state index in [0.29, 0.717) is 5.69 Å². The van der Waals surface area contributed by atoms with Crippen molar-refractivity contribution in [2.75, 3.05) is 12.4 Å². The number of carbonyl (C=O) groups excluding carboxylic acids is 1. The van der Waals surface area contributed by atoms with E-state index < -0.39 is 0 Å². The first kappa shape index (κ1) is 10.7. The van der Waals surface area contributed by atoms with E-state index in [-0.39, 0.29) is 17.8 Å². The van der Waals surface area contributed by atoms with Gasteiger partial charge in [0, 0.05) is 5.69 Å². The van der Waals surface area contributed by atoms with Crippen LogP contribution in [0.4, 0.5) is 10.1 Å². The second kappa shape index (κ2) is 4.72. The summed E-state index contributed by atoms with van der Waals surface area (Å²) < 4.78 is 12.7. The molecule has 1 atom stereocenters. The van der Waals surface area contributed by atoms with Crippen LogP contribution in [0.3, 0.4) is 0 Å². The van der Waals surface area contributed by atoms with E-state index in [1.165, 1.54) is 12.1 Å². The van der Waals surface area contributed by atoms with Crippen LogP contribution < -0.4 is 10.6 Å². The first-order valence-electron chi connectivity index (χ1n) is 4.37. The Hall–Kier alpha value is -1.42. The van der Waals surface area contributed by atoms with Crippen LogP contribution in [0.1, 0.15) is 6.92 Å². The van der Waals surface area contributed by atoms with Gasteiger partial charge in [0.15, 0.2) is 0 Å². The maximum Gasteiger partial charge on any atom is 0.241 e. The highest BCUT2D eigenvalue weighted by molar-refractivity contribution is 5.94. The molecule has 0 aliphatic carbocycles. The molecule has 0 saturated heterocycles. The third-order valence-corrected chi connectivity index (χ3v) is 1.92. The summed E-state index contributed by atoms with van der Waals surface area (Å²) in [4.78, 5) is 11.4. The van der Waals surface area contributed by atoms with Crippen LogP contribution in [0.5, 0.6) is 0 Å². The Morgan fingerprint density at radius 2 is 2.21 bits per heavy atom. The first-order chi connectivity index (χ1) is 6.63. The molecule has 0 radical (unpaired) electrons. The van der Waals surface area contributed by atoms with Gasteiger partial charge in [-0.15, -0.1) is 0 Å². The molecule has 14 heavy (non-hydrogen) atoms. The number of hydrogen-bond donors (Lipinski definition) is 2. The highest BCUT2D eigenvalue weighted by atomic mass is 19.1. The molecule has 2 N–H and O–H groups in total. The lowest BCUT2D eigenvalue weighted by molar-refractivity contribution is -0.117. The molecule has 1 aromatic rings. The van der Waals surface area contributed by atoms with Gasteiger partial charge in [-0.2, -0.15) is 0 Å². The standard InChI is InChI=1S/C10H13FN2O/c1-7(12-2)10(14)13-9-5-3-4-8(11)6-9/h3-7,12H,1-2H3,(H,13,14). The molecule has 0 saturated carbocycles. The van der Waals surface area contributed by atoms with Crippen LogP contribution in [-0.2, 0) is 4.79 Å². The smallest absolute Gasteiger partial charge is 0.241 e. The summed E-state index contributed by atoms with van der Waals surface area (Å²) in [6.07, 6.45) is 0. The average Bonchev–Trinajstić information content (AvgIpc) is 2.16. The Bertz CT molecular complexity index is 328. The minimum absolute atomic E-state index is 0.182. The van der Waals surface area contributed by atoms with Gasteiger partial charge >= 0.3 is 0 Å². The fraction of sp³-hybridized carbons (Fsp3) is 0.300. The molecule has 0 spiro atoms. The molecule has 0 heterocycles. The van der Waals surface area contributed by atoms with E-state index in [1.54, 1.807) is 26.1 Å². The van der Waals surface area contributed by atoms with Gasteiger partial charge in [0.05, 0.1) is 6.04 Å². The van der Waals surface area contributed by atoms with Crippen molar-refractivity contribution in [3.8, 4) is 0 Å². The highest BCUT2D eigenvalue weighted by Gasteiger charge is 2.09. The van der Waals surface area contributed by atoms with E-state index in [4.69, 9.17) is 0 Å². The summed E-state index contributed by atoms with van der Waals surface area (Å²) in [5.41, 5.74) is 0.470. The van der Waals surface area contributed by atoms with Gasteiger partial charge in [0.2, 0.25) is 5.91 Å². The Balaban J connectivity index is 2.65. The Morgan fingerprint density at radius 1 is 1.50 bits per heavy atom. The Labute approximate surface area is 82.3 Å². The predicted molar refractivity (Wildman–Crippen MR) is 53.6 cm³/mol. The fourth-order valence-corrected chi connectivity index (χ4v) is 0.948. The second-order valence-electron chi connectivity index (χ2n) is 3.01. The van der Waals surface area contributed by atoms with E-state index in [2.05, 4.69) is 10.6 Å². The Morgan fingerprint density at radius 3 is 2.79 bits per heavy atom. The predicted octanol–water partition coefficient (Wildman–Crippen LogP) is 1.37. The van der Waals surface area contributed by atoms with Crippen LogP contribution in [0.2, 0.25) is 0 Å². The number of amides is 1. The summed E-state index contributed by atoms with van der Waals surface area (Å²) in [5.74, 6) is -0.544. The molecule has 76 valence electrons. The molecule has 0 aliphatic heterocycles. The van der Waals surface area contributed by atoms with Gasteiger partial charge in [-0.05, 0) is 32.2 Å². The molecule has 1 aromatic carbocycles. The molecule has 3 nitrogen and oxygen atoms in total. The van der Waals surface area contributed by atoms with Crippen molar-refractivity contribution in [3.63, 3.8) is 0 Å². The number of carbonyl (C=O) groups is 1. The molecule has 1 unspecified atom stereocenters. The zero-order chi connectivity index (χ0) is 10.6. The minimum atomic E-state index is -0.361. The number of halogens is 1. The Kier molecular flexibility index (Phi) is 3.59. The van der Waals surface area contributed by atoms with Gasteiger partial charge in [-0.25, -0.2) is 4.39 Å². The zero-order valence-electron chi connectivity index (χ0n) is 8.17. The molecule has 0 aromatic heterocycles. The number of rotatable bonds is 3. The molecule has 1 rings (SSSR count). The summed E-state index contributed by atoms with van der Waals surface area (Å²) in [6.45, 7) is 1.73. The summed E-state index contributed by atoms with van der Waals surface area (Å²) >= 11 is 0. The number of benzene rings is 1. The monoisotopic (exact) mass is 196 g/mol. The van der Waals surface area contributed by atoms with Crippen LogP contribution in [0.15, 0.2) is 24.3 Å². The van der Waals surface area contributed by atoms with Gasteiger partial charge in [0.25, 0.3) is 0 Å². The molecule has 4 heteroatoms. The number of anilines is 1. The third kappa shape index (κ3) is 2.81. The van der Waals surface area contributed by atoms with Crippen molar-refractivity contribution in [2.24, 2.45) is 0 Å². The molecule has 0 aliphatic rings. The van der Waals surface area contributed by atoms with Crippen LogP contribution >= 0.6 is 0 Å². The van der Waals surface area contributed by atoms with Crippen molar-refractivity contribution in [1.29, 1.82) is 0 Å². The maximum absolute atomic E-state index is 12.7. The summed E-state index contributed by atoms with van der Waals surface area (Å²) in [6, 6.07) is 5.51. The second-order valence-corrected chi connectivity index (χ2v) is 3.01. The molecule has 1 amide bonds. The van der Waals surface area contributed by atoms with Gasteiger partial charge < -0.3 is 10.6 Å². The highest BCUT2D eigenvalue weighted by Crippen LogP contribution is 2.09. The lowest BCUT2D eigenvalue weighted by atomic mass is 10.2. The van der Waals surface area contributed by atoms with Crippen molar-refractivity contribution in [1.82, 2.24) is 5.32 Å². The maximum atomic E-state index is 12.7. The normalized spacial score (nSPS) is 12.2. The first-order valence-corrected chi connectivity index (χ1v) is 4.37. The van der Waals surface area contributed by atoms with E-state index in [9.17, 15) is 9.18 Å². The quantitative estimate of drug-likeness (QED) is 0.766. The minimum Gasteiger partial charge on any atom is -0.325 e.